The normalized spacial score (nSPS) is 11.3. The third-order valence-corrected chi connectivity index (χ3v) is 5.31. The van der Waals surface area contributed by atoms with Crippen LogP contribution in [0.4, 0.5) is 0 Å². The van der Waals surface area contributed by atoms with Gasteiger partial charge in [-0.05, 0) is 11.4 Å². The Balaban J connectivity index is 1.57. The molecule has 0 atom stereocenters. The monoisotopic (exact) mass is 351 g/mol. The summed E-state index contributed by atoms with van der Waals surface area (Å²) in [6.45, 7) is 0. The van der Waals surface area contributed by atoms with Crippen LogP contribution in [0.2, 0.25) is 0 Å². The molecule has 8 heteroatoms. The summed E-state index contributed by atoms with van der Waals surface area (Å²) in [5.74, 6) is 1.46. The van der Waals surface area contributed by atoms with E-state index in [0.29, 0.717) is 5.69 Å². The van der Waals surface area contributed by atoms with Gasteiger partial charge < -0.3 is 4.52 Å². The summed E-state index contributed by atoms with van der Waals surface area (Å²) in [4.78, 5) is 1.77. The summed E-state index contributed by atoms with van der Waals surface area (Å²) in [5, 5.41) is 19.9. The fourth-order valence-corrected chi connectivity index (χ4v) is 3.88. The molecule has 0 spiro atoms. The molecule has 0 unspecified atom stereocenters. The van der Waals surface area contributed by atoms with Crippen molar-refractivity contribution in [2.45, 2.75) is 0 Å². The average Bonchev–Trinajstić information content (AvgIpc) is 3.37. The van der Waals surface area contributed by atoms with Crippen LogP contribution in [-0.4, -0.2) is 25.0 Å². The van der Waals surface area contributed by atoms with Crippen molar-refractivity contribution in [3.63, 3.8) is 0 Å². The maximum atomic E-state index is 5.45. The molecule has 0 aliphatic carbocycles. The Labute approximate surface area is 144 Å². The van der Waals surface area contributed by atoms with Crippen molar-refractivity contribution in [3.05, 3.63) is 53.9 Å². The van der Waals surface area contributed by atoms with E-state index < -0.39 is 0 Å². The van der Waals surface area contributed by atoms with Crippen LogP contribution in [0, 0.1) is 0 Å². The minimum absolute atomic E-state index is 0.696. The fourth-order valence-electron chi connectivity index (χ4n) is 2.39. The molecule has 5 rings (SSSR count). The topological polar surface area (TPSA) is 69.1 Å². The third kappa shape index (κ3) is 2.15. The summed E-state index contributed by atoms with van der Waals surface area (Å²) >= 11 is 3.05. The van der Waals surface area contributed by atoms with E-state index in [2.05, 4.69) is 20.5 Å². The van der Waals surface area contributed by atoms with Gasteiger partial charge in [0.05, 0.1) is 4.88 Å². The molecule has 4 heterocycles. The molecule has 0 radical (unpaired) electrons. The van der Waals surface area contributed by atoms with Crippen LogP contribution in [0.15, 0.2) is 58.4 Å². The van der Waals surface area contributed by atoms with E-state index in [-0.39, 0.29) is 0 Å². The number of hydrogen-bond acceptors (Lipinski definition) is 7. The molecular weight excluding hydrogens is 342 g/mol. The van der Waals surface area contributed by atoms with Crippen molar-refractivity contribution in [1.29, 1.82) is 0 Å². The van der Waals surface area contributed by atoms with Gasteiger partial charge in [0.15, 0.2) is 16.6 Å². The molecule has 0 N–H and O–H groups in total. The predicted octanol–water partition coefficient (Wildman–Crippen LogP) is 4.24. The van der Waals surface area contributed by atoms with Crippen molar-refractivity contribution in [2.24, 2.45) is 0 Å². The predicted molar refractivity (Wildman–Crippen MR) is 92.9 cm³/mol. The van der Waals surface area contributed by atoms with Crippen LogP contribution >= 0.6 is 22.7 Å². The number of nitrogens with zero attached hydrogens (tertiary/aromatic N) is 5. The number of fused-ring (bicyclic) bond motifs is 1. The lowest BCUT2D eigenvalue weighted by molar-refractivity contribution is 0.435. The van der Waals surface area contributed by atoms with E-state index in [1.807, 2.05) is 53.9 Å². The Morgan fingerprint density at radius 3 is 2.75 bits per heavy atom. The maximum Gasteiger partial charge on any atom is 0.235 e. The first-order chi connectivity index (χ1) is 11.9. The lowest BCUT2D eigenvalue weighted by Gasteiger charge is -1.91. The summed E-state index contributed by atoms with van der Waals surface area (Å²) in [6.07, 6.45) is 0. The molecule has 1 aromatic carbocycles. The van der Waals surface area contributed by atoms with E-state index in [9.17, 15) is 0 Å². The van der Waals surface area contributed by atoms with Crippen LogP contribution in [-0.2, 0) is 0 Å². The Kier molecular flexibility index (Phi) is 3.03. The minimum atomic E-state index is 0.696. The minimum Gasteiger partial charge on any atom is -0.356 e. The molecule has 0 saturated carbocycles. The average molecular weight is 351 g/mol. The lowest BCUT2D eigenvalue weighted by atomic mass is 10.2. The van der Waals surface area contributed by atoms with Gasteiger partial charge >= 0.3 is 0 Å². The van der Waals surface area contributed by atoms with Gasteiger partial charge in [-0.1, -0.05) is 52.9 Å². The Bertz CT molecular complexity index is 1110. The van der Waals surface area contributed by atoms with Gasteiger partial charge in [-0.15, -0.1) is 21.5 Å². The molecule has 0 saturated heterocycles. The number of rotatable bonds is 3. The summed E-state index contributed by atoms with van der Waals surface area (Å²) in [6, 6.07) is 15.8. The summed E-state index contributed by atoms with van der Waals surface area (Å²) < 4.78 is 7.21. The Morgan fingerprint density at radius 2 is 1.92 bits per heavy atom. The zero-order chi connectivity index (χ0) is 15.9. The highest BCUT2D eigenvalue weighted by molar-refractivity contribution is 7.19. The molecule has 24 heavy (non-hydrogen) atoms. The number of thiophene rings is 1. The molecule has 0 bridgehead atoms. The molecule has 0 fully saturated rings. The van der Waals surface area contributed by atoms with E-state index >= 15 is 0 Å². The van der Waals surface area contributed by atoms with Crippen molar-refractivity contribution in [3.8, 4) is 32.7 Å². The number of hydrogen-bond donors (Lipinski definition) is 0. The summed E-state index contributed by atoms with van der Waals surface area (Å²) in [7, 11) is 0. The zero-order valence-electron chi connectivity index (χ0n) is 12.2. The second kappa shape index (κ2) is 5.36. The van der Waals surface area contributed by atoms with Gasteiger partial charge in [-0.3, -0.25) is 0 Å². The quantitative estimate of drug-likeness (QED) is 0.486. The molecule has 0 aliphatic rings. The van der Waals surface area contributed by atoms with E-state index in [1.54, 1.807) is 15.9 Å². The first-order valence-corrected chi connectivity index (χ1v) is 8.87. The van der Waals surface area contributed by atoms with Gasteiger partial charge in [0.2, 0.25) is 4.96 Å². The van der Waals surface area contributed by atoms with Crippen LogP contribution < -0.4 is 0 Å². The van der Waals surface area contributed by atoms with Gasteiger partial charge in [-0.25, -0.2) is 0 Å². The smallest absolute Gasteiger partial charge is 0.235 e. The van der Waals surface area contributed by atoms with Crippen molar-refractivity contribution in [1.82, 2.24) is 25.0 Å². The molecule has 6 nitrogen and oxygen atoms in total. The van der Waals surface area contributed by atoms with Crippen molar-refractivity contribution in [2.75, 3.05) is 0 Å². The molecule has 0 amide bonds. The van der Waals surface area contributed by atoms with Gasteiger partial charge in [0.25, 0.3) is 0 Å². The SMILES string of the molecule is c1ccc(-c2cc(-c3nn4c(-c5cccs5)nnc4s3)no2)cc1. The van der Waals surface area contributed by atoms with E-state index in [4.69, 9.17) is 4.52 Å². The molecule has 4 aromatic heterocycles. The van der Waals surface area contributed by atoms with Crippen LogP contribution in [0.1, 0.15) is 0 Å². The molecular formula is C16H9N5OS2. The standard InChI is InChI=1S/C16H9N5OS2/c1-2-5-10(6-3-1)12-9-11(20-22-12)15-19-21-14(13-7-4-8-23-13)17-18-16(21)24-15/h1-9H. The second-order valence-electron chi connectivity index (χ2n) is 5.04. The maximum absolute atomic E-state index is 5.45. The van der Waals surface area contributed by atoms with Crippen molar-refractivity contribution >= 4 is 27.6 Å². The highest BCUT2D eigenvalue weighted by atomic mass is 32.1. The zero-order valence-corrected chi connectivity index (χ0v) is 13.8. The first-order valence-electron chi connectivity index (χ1n) is 7.17. The highest BCUT2D eigenvalue weighted by Gasteiger charge is 2.17. The first kappa shape index (κ1) is 13.6. The molecule has 5 aromatic rings. The fraction of sp³-hybridized carbons (Fsp3) is 0. The van der Waals surface area contributed by atoms with E-state index in [0.717, 1.165) is 32.0 Å². The third-order valence-electron chi connectivity index (χ3n) is 3.52. The van der Waals surface area contributed by atoms with Gasteiger partial charge in [0, 0.05) is 11.6 Å². The summed E-state index contributed by atoms with van der Waals surface area (Å²) in [5.41, 5.74) is 1.68. The highest BCUT2D eigenvalue weighted by Crippen LogP contribution is 2.31. The van der Waals surface area contributed by atoms with Gasteiger partial charge in [0.1, 0.15) is 5.69 Å². The lowest BCUT2D eigenvalue weighted by Crippen LogP contribution is -1.88. The second-order valence-corrected chi connectivity index (χ2v) is 6.95. The van der Waals surface area contributed by atoms with Crippen LogP contribution in [0.3, 0.4) is 0 Å². The van der Waals surface area contributed by atoms with Crippen LogP contribution in [0.25, 0.3) is 37.7 Å². The Hall–Kier alpha value is -2.84. The Morgan fingerprint density at radius 1 is 1.00 bits per heavy atom. The largest absolute Gasteiger partial charge is 0.356 e. The molecule has 0 aliphatic heterocycles. The molecule has 116 valence electrons. The van der Waals surface area contributed by atoms with Gasteiger partial charge in [-0.2, -0.15) is 9.61 Å². The van der Waals surface area contributed by atoms with Crippen LogP contribution in [0.5, 0.6) is 0 Å². The van der Waals surface area contributed by atoms with Crippen molar-refractivity contribution < 1.29 is 4.52 Å². The number of benzene rings is 1. The number of aromatic nitrogens is 5. The van der Waals surface area contributed by atoms with E-state index in [1.165, 1.54) is 11.3 Å².